The van der Waals surface area contributed by atoms with E-state index in [1.807, 2.05) is 6.92 Å². The molecule has 5 heteroatoms. The van der Waals surface area contributed by atoms with Gasteiger partial charge in [-0.25, -0.2) is 4.98 Å². The molecule has 0 aliphatic carbocycles. The third kappa shape index (κ3) is 2.78. The molecule has 1 rings (SSSR count). The van der Waals surface area contributed by atoms with Gasteiger partial charge >= 0.3 is 0 Å². The van der Waals surface area contributed by atoms with Crippen molar-refractivity contribution in [3.8, 4) is 0 Å². The van der Waals surface area contributed by atoms with Crippen LogP contribution in [0.25, 0.3) is 0 Å². The number of carbonyl (C=O) groups is 1. The first-order chi connectivity index (χ1) is 6.13. The summed E-state index contributed by atoms with van der Waals surface area (Å²) in [7, 11) is 0. The van der Waals surface area contributed by atoms with Crippen LogP contribution in [0.3, 0.4) is 0 Å². The lowest BCUT2D eigenvalue weighted by Crippen LogP contribution is -2.34. The quantitative estimate of drug-likeness (QED) is 0.749. The summed E-state index contributed by atoms with van der Waals surface area (Å²) in [5.41, 5.74) is 0. The first kappa shape index (κ1) is 10.1. The molecule has 0 aliphatic rings. The van der Waals surface area contributed by atoms with Gasteiger partial charge in [0.1, 0.15) is 4.88 Å². The molecule has 72 valence electrons. The van der Waals surface area contributed by atoms with Crippen molar-refractivity contribution in [1.82, 2.24) is 10.3 Å². The van der Waals surface area contributed by atoms with Gasteiger partial charge < -0.3 is 10.4 Å². The molecule has 0 saturated carbocycles. The molecule has 0 fully saturated rings. The number of amides is 1. The molecule has 1 aromatic rings. The minimum absolute atomic E-state index is 0.0521. The van der Waals surface area contributed by atoms with Crippen LogP contribution < -0.4 is 5.32 Å². The average Bonchev–Trinajstić information content (AvgIpc) is 2.51. The number of aryl methyl sites for hydroxylation is 1. The average molecular weight is 200 g/mol. The van der Waals surface area contributed by atoms with E-state index >= 15 is 0 Å². The summed E-state index contributed by atoms with van der Waals surface area (Å²) in [6.07, 6.45) is 1.54. The third-order valence-electron chi connectivity index (χ3n) is 1.50. The number of aliphatic hydroxyl groups excluding tert-OH is 1. The van der Waals surface area contributed by atoms with Gasteiger partial charge in [0, 0.05) is 6.04 Å². The Morgan fingerprint density at radius 2 is 2.54 bits per heavy atom. The Bertz CT molecular complexity index is 298. The van der Waals surface area contributed by atoms with Crippen LogP contribution in [0.2, 0.25) is 0 Å². The summed E-state index contributed by atoms with van der Waals surface area (Å²) in [6, 6.07) is -0.213. The lowest BCUT2D eigenvalue weighted by atomic mass is 10.3. The van der Waals surface area contributed by atoms with Gasteiger partial charge in [-0.3, -0.25) is 4.79 Å². The molecule has 0 saturated heterocycles. The topological polar surface area (TPSA) is 62.2 Å². The molecule has 1 aromatic heterocycles. The third-order valence-corrected chi connectivity index (χ3v) is 2.41. The zero-order valence-electron chi connectivity index (χ0n) is 7.57. The van der Waals surface area contributed by atoms with Crippen LogP contribution in [0.5, 0.6) is 0 Å². The van der Waals surface area contributed by atoms with E-state index in [0.717, 1.165) is 5.01 Å². The van der Waals surface area contributed by atoms with Crippen molar-refractivity contribution in [3.05, 3.63) is 16.1 Å². The number of rotatable bonds is 3. The smallest absolute Gasteiger partial charge is 0.263 e. The highest BCUT2D eigenvalue weighted by molar-refractivity contribution is 7.13. The normalized spacial score (nSPS) is 12.5. The Hall–Kier alpha value is -0.940. The maximum absolute atomic E-state index is 11.4. The molecule has 0 bridgehead atoms. The van der Waals surface area contributed by atoms with E-state index in [2.05, 4.69) is 10.3 Å². The van der Waals surface area contributed by atoms with E-state index in [9.17, 15) is 4.79 Å². The fraction of sp³-hybridized carbons (Fsp3) is 0.500. The van der Waals surface area contributed by atoms with Gasteiger partial charge in [0.15, 0.2) is 0 Å². The standard InChI is InChI=1S/C8H12N2O2S/c1-5(4-11)10-8(12)7-3-9-6(2)13-7/h3,5,11H,4H2,1-2H3,(H,10,12). The van der Waals surface area contributed by atoms with Crippen molar-refractivity contribution in [2.24, 2.45) is 0 Å². The molecule has 0 aromatic carbocycles. The number of carbonyl (C=O) groups excluding carboxylic acids is 1. The van der Waals surface area contributed by atoms with Crippen LogP contribution in [0.1, 0.15) is 21.6 Å². The second-order valence-corrected chi connectivity index (χ2v) is 4.04. The van der Waals surface area contributed by atoms with Gasteiger partial charge in [-0.05, 0) is 13.8 Å². The highest BCUT2D eigenvalue weighted by Gasteiger charge is 2.10. The van der Waals surface area contributed by atoms with Gasteiger partial charge in [0.05, 0.1) is 17.8 Å². The summed E-state index contributed by atoms with van der Waals surface area (Å²) < 4.78 is 0. The molecular formula is C8H12N2O2S. The molecule has 13 heavy (non-hydrogen) atoms. The first-order valence-electron chi connectivity index (χ1n) is 3.97. The zero-order valence-corrected chi connectivity index (χ0v) is 8.39. The number of nitrogens with one attached hydrogen (secondary N) is 1. The number of aliphatic hydroxyl groups is 1. The Kier molecular flexibility index (Phi) is 3.39. The molecule has 1 heterocycles. The van der Waals surface area contributed by atoms with Gasteiger partial charge in [-0.2, -0.15) is 0 Å². The van der Waals surface area contributed by atoms with Gasteiger partial charge in [-0.1, -0.05) is 0 Å². The van der Waals surface area contributed by atoms with Gasteiger partial charge in [0.2, 0.25) is 0 Å². The fourth-order valence-corrected chi connectivity index (χ4v) is 1.49. The van der Waals surface area contributed by atoms with Crippen LogP contribution >= 0.6 is 11.3 Å². The lowest BCUT2D eigenvalue weighted by molar-refractivity contribution is 0.0926. The Morgan fingerprint density at radius 1 is 1.85 bits per heavy atom. The second kappa shape index (κ2) is 4.34. The number of nitrogens with zero attached hydrogens (tertiary/aromatic N) is 1. The van der Waals surface area contributed by atoms with Crippen LogP contribution in [0.4, 0.5) is 0 Å². The van der Waals surface area contributed by atoms with Crippen LogP contribution in [-0.2, 0) is 0 Å². The maximum atomic E-state index is 11.4. The zero-order chi connectivity index (χ0) is 9.84. The predicted octanol–water partition coefficient (Wildman–Crippen LogP) is 0.562. The van der Waals surface area contributed by atoms with Gasteiger partial charge in [-0.15, -0.1) is 11.3 Å². The molecule has 4 nitrogen and oxygen atoms in total. The van der Waals surface area contributed by atoms with E-state index in [1.54, 1.807) is 13.1 Å². The molecule has 2 N–H and O–H groups in total. The highest BCUT2D eigenvalue weighted by atomic mass is 32.1. The molecule has 0 radical (unpaired) electrons. The fourth-order valence-electron chi connectivity index (χ4n) is 0.807. The number of hydrogen-bond donors (Lipinski definition) is 2. The molecule has 1 amide bonds. The summed E-state index contributed by atoms with van der Waals surface area (Å²) in [4.78, 5) is 15.9. The van der Waals surface area contributed by atoms with E-state index in [1.165, 1.54) is 11.3 Å². The van der Waals surface area contributed by atoms with E-state index in [4.69, 9.17) is 5.11 Å². The van der Waals surface area contributed by atoms with E-state index < -0.39 is 0 Å². The number of thiazole rings is 1. The van der Waals surface area contributed by atoms with E-state index in [0.29, 0.717) is 4.88 Å². The minimum Gasteiger partial charge on any atom is -0.394 e. The molecule has 1 atom stereocenters. The first-order valence-corrected chi connectivity index (χ1v) is 4.79. The Balaban J connectivity index is 2.58. The monoisotopic (exact) mass is 200 g/mol. The molecule has 1 unspecified atom stereocenters. The molecule has 0 aliphatic heterocycles. The SMILES string of the molecule is Cc1ncc(C(=O)NC(C)CO)s1. The predicted molar refractivity (Wildman–Crippen MR) is 50.9 cm³/mol. The van der Waals surface area contributed by atoms with Crippen LogP contribution in [0, 0.1) is 6.92 Å². The second-order valence-electron chi connectivity index (χ2n) is 2.80. The maximum Gasteiger partial charge on any atom is 0.263 e. The summed E-state index contributed by atoms with van der Waals surface area (Å²) in [5, 5.41) is 12.2. The van der Waals surface area contributed by atoms with Crippen molar-refractivity contribution < 1.29 is 9.90 Å². The van der Waals surface area contributed by atoms with Crippen molar-refractivity contribution in [2.45, 2.75) is 19.9 Å². The minimum atomic E-state index is -0.213. The molecular weight excluding hydrogens is 188 g/mol. The lowest BCUT2D eigenvalue weighted by Gasteiger charge is -2.08. The van der Waals surface area contributed by atoms with Crippen LogP contribution in [-0.4, -0.2) is 28.6 Å². The van der Waals surface area contributed by atoms with Crippen molar-refractivity contribution in [2.75, 3.05) is 6.61 Å². The summed E-state index contributed by atoms with van der Waals surface area (Å²) in [6.45, 7) is 3.53. The largest absolute Gasteiger partial charge is 0.394 e. The molecule has 0 spiro atoms. The van der Waals surface area contributed by atoms with Crippen molar-refractivity contribution in [3.63, 3.8) is 0 Å². The highest BCUT2D eigenvalue weighted by Crippen LogP contribution is 2.10. The Morgan fingerprint density at radius 3 is 3.00 bits per heavy atom. The summed E-state index contributed by atoms with van der Waals surface area (Å²) >= 11 is 1.34. The summed E-state index contributed by atoms with van der Waals surface area (Å²) in [5.74, 6) is -0.174. The Labute approximate surface area is 80.6 Å². The van der Waals surface area contributed by atoms with Crippen molar-refractivity contribution in [1.29, 1.82) is 0 Å². The van der Waals surface area contributed by atoms with Crippen molar-refractivity contribution >= 4 is 17.2 Å². The van der Waals surface area contributed by atoms with E-state index in [-0.39, 0.29) is 18.6 Å². The number of hydrogen-bond acceptors (Lipinski definition) is 4. The number of aromatic nitrogens is 1. The van der Waals surface area contributed by atoms with Crippen LogP contribution in [0.15, 0.2) is 6.20 Å². The van der Waals surface area contributed by atoms with Gasteiger partial charge in [0.25, 0.3) is 5.91 Å².